The quantitative estimate of drug-likeness (QED) is 0.245. The third-order valence-electron chi connectivity index (χ3n) is 6.78. The second kappa shape index (κ2) is 8.55. The number of rotatable bonds is 5. The van der Waals surface area contributed by atoms with Crippen molar-refractivity contribution in [2.75, 3.05) is 18.6 Å². The van der Waals surface area contributed by atoms with Gasteiger partial charge in [0, 0.05) is 40.7 Å². The zero-order chi connectivity index (χ0) is 24.7. The summed E-state index contributed by atoms with van der Waals surface area (Å²) >= 11 is 0. The number of ketones is 1. The van der Waals surface area contributed by atoms with Crippen molar-refractivity contribution in [3.8, 4) is 0 Å². The minimum atomic E-state index is -0.543. The lowest BCUT2D eigenvalue weighted by molar-refractivity contribution is -0.147. The van der Waals surface area contributed by atoms with E-state index in [-0.39, 0.29) is 29.8 Å². The molecule has 4 aromatic rings. The molecule has 176 valence electrons. The van der Waals surface area contributed by atoms with E-state index in [9.17, 15) is 14.4 Å². The highest BCUT2D eigenvalue weighted by Gasteiger charge is 2.38. The highest BCUT2D eigenvalue weighted by Crippen LogP contribution is 2.46. The maximum Gasteiger partial charge on any atom is 0.326 e. The third-order valence-corrected chi connectivity index (χ3v) is 6.78. The molecule has 0 bridgehead atoms. The molecule has 5 rings (SSSR count). The van der Waals surface area contributed by atoms with Gasteiger partial charge >= 0.3 is 5.97 Å². The van der Waals surface area contributed by atoms with Crippen molar-refractivity contribution < 1.29 is 14.3 Å². The Kier molecular flexibility index (Phi) is 5.52. The highest BCUT2D eigenvalue weighted by atomic mass is 16.5. The monoisotopic (exact) mass is 466 g/mol. The molecule has 1 aliphatic heterocycles. The smallest absolute Gasteiger partial charge is 0.326 e. The van der Waals surface area contributed by atoms with Gasteiger partial charge in [-0.3, -0.25) is 14.4 Å². The van der Waals surface area contributed by atoms with Gasteiger partial charge in [-0.1, -0.05) is 56.3 Å². The lowest BCUT2D eigenvalue weighted by Gasteiger charge is -2.23. The van der Waals surface area contributed by atoms with Crippen molar-refractivity contribution in [1.82, 2.24) is 4.57 Å². The fourth-order valence-corrected chi connectivity index (χ4v) is 5.03. The minimum absolute atomic E-state index is 0.0769. The van der Waals surface area contributed by atoms with Gasteiger partial charge in [-0.05, 0) is 35.9 Å². The lowest BCUT2D eigenvalue weighted by Crippen LogP contribution is -2.25. The largest absolute Gasteiger partial charge is 0.456 e. The molecule has 6 nitrogen and oxygen atoms in total. The number of hydrogen-bond acceptors (Lipinski definition) is 5. The average molecular weight is 467 g/mol. The Morgan fingerprint density at radius 2 is 1.46 bits per heavy atom. The van der Waals surface area contributed by atoms with Crippen LogP contribution in [0.5, 0.6) is 0 Å². The fourth-order valence-electron chi connectivity index (χ4n) is 5.03. The molecule has 3 aromatic carbocycles. The second-order valence-electron chi connectivity index (χ2n) is 9.31. The molecule has 0 atom stereocenters. The summed E-state index contributed by atoms with van der Waals surface area (Å²) in [6.07, 6.45) is 1.57. The van der Waals surface area contributed by atoms with Gasteiger partial charge in [-0.25, -0.2) is 0 Å². The number of likely N-dealkylation sites (N-methyl/N-ethyl adjacent to an activating group) is 1. The van der Waals surface area contributed by atoms with Crippen molar-refractivity contribution in [2.24, 2.45) is 0 Å². The summed E-state index contributed by atoms with van der Waals surface area (Å²) in [4.78, 5) is 40.5. The maximum absolute atomic E-state index is 12.9. The molecule has 35 heavy (non-hydrogen) atoms. The minimum Gasteiger partial charge on any atom is -0.456 e. The Hall–Kier alpha value is -4.19. The Labute approximate surface area is 203 Å². The van der Waals surface area contributed by atoms with E-state index in [0.717, 1.165) is 16.9 Å². The average Bonchev–Trinajstić information content (AvgIpc) is 3.06. The number of para-hydroxylation sites is 3. The van der Waals surface area contributed by atoms with E-state index in [1.165, 1.54) is 0 Å². The molecule has 0 unspecified atom stereocenters. The van der Waals surface area contributed by atoms with Crippen molar-refractivity contribution in [2.45, 2.75) is 25.8 Å². The van der Waals surface area contributed by atoms with Gasteiger partial charge in [0.15, 0.2) is 17.8 Å². The summed E-state index contributed by atoms with van der Waals surface area (Å²) < 4.78 is 7.14. The highest BCUT2D eigenvalue weighted by molar-refractivity contribution is 5.96. The zero-order valence-corrected chi connectivity index (χ0v) is 19.9. The van der Waals surface area contributed by atoms with Gasteiger partial charge < -0.3 is 14.2 Å². The topological polar surface area (TPSA) is 68.6 Å². The molecule has 0 N–H and O–H groups in total. The Bertz CT molecular complexity index is 1520. The molecule has 1 aliphatic rings. The molecule has 0 saturated heterocycles. The number of nitrogens with zero attached hydrogens (tertiary/aromatic N) is 2. The normalized spacial score (nSPS) is 15.5. The number of pyridine rings is 1. The van der Waals surface area contributed by atoms with Crippen LogP contribution >= 0.6 is 0 Å². The first-order chi connectivity index (χ1) is 16.8. The van der Waals surface area contributed by atoms with Crippen molar-refractivity contribution in [3.05, 3.63) is 100 Å². The molecule has 6 heteroatoms. The second-order valence-corrected chi connectivity index (χ2v) is 9.31. The summed E-state index contributed by atoms with van der Waals surface area (Å²) in [6.45, 7) is 3.70. The first kappa shape index (κ1) is 22.6. The number of ether oxygens (including phenoxy) is 1. The zero-order valence-electron chi connectivity index (χ0n) is 19.9. The summed E-state index contributed by atoms with van der Waals surface area (Å²) in [6, 6.07) is 22.4. The van der Waals surface area contributed by atoms with E-state index in [1.807, 2.05) is 54.4 Å². The molecule has 0 saturated carbocycles. The standard InChI is InChI=1S/C29H26N2O4/c1-29(2)22-12-6-9-15-25(22)30(3)26(29)16-19(32)18-35-27(33)17-31-23-13-7-4-10-20(23)28(34)21-11-5-8-14-24(21)31/h4-16H,17-18H2,1-3H3/b26-16-. The first-order valence-corrected chi connectivity index (χ1v) is 11.5. The van der Waals surface area contributed by atoms with Gasteiger partial charge in [0.25, 0.3) is 0 Å². The van der Waals surface area contributed by atoms with E-state index < -0.39 is 5.97 Å². The van der Waals surface area contributed by atoms with Crippen molar-refractivity contribution >= 4 is 39.2 Å². The van der Waals surface area contributed by atoms with Crippen LogP contribution < -0.4 is 10.3 Å². The number of hydrogen-bond donors (Lipinski definition) is 0. The summed E-state index contributed by atoms with van der Waals surface area (Å²) in [5.74, 6) is -0.825. The van der Waals surface area contributed by atoms with E-state index in [0.29, 0.717) is 21.8 Å². The van der Waals surface area contributed by atoms with Crippen LogP contribution in [0.4, 0.5) is 5.69 Å². The van der Waals surface area contributed by atoms with Gasteiger partial charge in [-0.15, -0.1) is 0 Å². The summed E-state index contributed by atoms with van der Waals surface area (Å²) in [5.41, 5.74) is 3.95. The number of carbonyl (C=O) groups is 2. The molecule has 0 aliphatic carbocycles. The predicted molar refractivity (Wildman–Crippen MR) is 138 cm³/mol. The number of benzene rings is 3. The van der Waals surface area contributed by atoms with Crippen molar-refractivity contribution in [3.63, 3.8) is 0 Å². The molecular weight excluding hydrogens is 440 g/mol. The van der Waals surface area contributed by atoms with Crippen LogP contribution in [0.2, 0.25) is 0 Å². The van der Waals surface area contributed by atoms with Crippen LogP contribution in [-0.2, 0) is 26.3 Å². The Morgan fingerprint density at radius 3 is 2.09 bits per heavy atom. The lowest BCUT2D eigenvalue weighted by atomic mass is 9.83. The molecule has 0 radical (unpaired) electrons. The van der Waals surface area contributed by atoms with Crippen LogP contribution in [0.25, 0.3) is 21.8 Å². The van der Waals surface area contributed by atoms with Crippen LogP contribution in [0.15, 0.2) is 89.4 Å². The predicted octanol–water partition coefficient (Wildman–Crippen LogP) is 4.58. The number of fused-ring (bicyclic) bond motifs is 3. The Balaban J connectivity index is 1.36. The number of aromatic nitrogens is 1. The molecule has 0 fully saturated rings. The number of anilines is 1. The van der Waals surface area contributed by atoms with Gasteiger partial charge in [0.05, 0.1) is 11.0 Å². The molecule has 2 heterocycles. The van der Waals surface area contributed by atoms with Crippen molar-refractivity contribution in [1.29, 1.82) is 0 Å². The van der Waals surface area contributed by atoms with Crippen LogP contribution in [0.3, 0.4) is 0 Å². The number of allylic oxidation sites excluding steroid dienone is 1. The van der Waals surface area contributed by atoms with E-state index in [4.69, 9.17) is 4.74 Å². The van der Waals surface area contributed by atoms with Crippen LogP contribution in [0, 0.1) is 0 Å². The number of carbonyl (C=O) groups excluding carboxylic acids is 2. The van der Waals surface area contributed by atoms with Gasteiger partial charge in [0.1, 0.15) is 6.54 Å². The van der Waals surface area contributed by atoms with E-state index in [1.54, 1.807) is 34.9 Å². The first-order valence-electron chi connectivity index (χ1n) is 11.5. The molecule has 0 spiro atoms. The van der Waals surface area contributed by atoms with Crippen LogP contribution in [0.1, 0.15) is 19.4 Å². The molecule has 0 amide bonds. The van der Waals surface area contributed by atoms with Gasteiger partial charge in [0.2, 0.25) is 0 Å². The van der Waals surface area contributed by atoms with Crippen LogP contribution in [-0.4, -0.2) is 30.0 Å². The van der Waals surface area contributed by atoms with E-state index in [2.05, 4.69) is 19.9 Å². The summed E-state index contributed by atoms with van der Waals surface area (Å²) in [5, 5.41) is 1.07. The Morgan fingerprint density at radius 1 is 0.886 bits per heavy atom. The summed E-state index contributed by atoms with van der Waals surface area (Å²) in [7, 11) is 1.94. The fraction of sp³-hybridized carbons (Fsp3) is 0.207. The molecule has 1 aromatic heterocycles. The van der Waals surface area contributed by atoms with E-state index >= 15 is 0 Å². The molecular formula is C29H26N2O4. The van der Waals surface area contributed by atoms with Gasteiger partial charge in [-0.2, -0.15) is 0 Å². The number of esters is 1. The maximum atomic E-state index is 12.9. The third kappa shape index (κ3) is 3.81. The SMILES string of the molecule is CN1/C(=C\C(=O)COC(=O)Cn2c3ccccc3c(=O)c3ccccc32)C(C)(C)c2ccccc21.